The number of nitrogens with zero attached hydrogens (tertiary/aromatic N) is 1. The Kier molecular flexibility index (Phi) is 10.9. The van der Waals surface area contributed by atoms with Crippen LogP contribution in [0, 0.1) is 5.92 Å². The van der Waals surface area contributed by atoms with Crippen LogP contribution < -0.4 is 5.32 Å². The molecular weight excluding hydrogens is 572 g/mol. The quantitative estimate of drug-likeness (QED) is 0.200. The molecule has 2 aliphatic rings. The lowest BCUT2D eigenvalue weighted by Gasteiger charge is -2.43. The molecule has 2 aliphatic heterocycles. The third-order valence-electron chi connectivity index (χ3n) is 9.50. The number of hydrogen-bond acceptors (Lipinski definition) is 5. The molecule has 46 heavy (non-hydrogen) atoms. The molecule has 6 rings (SSSR count). The molecule has 0 spiro atoms. The minimum atomic E-state index is -0.493. The van der Waals surface area contributed by atoms with E-state index in [4.69, 9.17) is 9.47 Å². The molecule has 4 atom stereocenters. The number of carbonyl (C=O) groups excluding carboxylic acids is 1. The molecule has 2 heterocycles. The van der Waals surface area contributed by atoms with Crippen LogP contribution in [0.5, 0.6) is 0 Å². The lowest BCUT2D eigenvalue weighted by atomic mass is 9.89. The summed E-state index contributed by atoms with van der Waals surface area (Å²) >= 11 is 0. The van der Waals surface area contributed by atoms with E-state index in [1.54, 1.807) is 0 Å². The molecule has 2 saturated heterocycles. The van der Waals surface area contributed by atoms with Crippen LogP contribution in [0.1, 0.15) is 84.0 Å². The van der Waals surface area contributed by atoms with Gasteiger partial charge in [-0.2, -0.15) is 0 Å². The normalized spacial score (nSPS) is 22.5. The number of hydrogen-bond donors (Lipinski definition) is 2. The van der Waals surface area contributed by atoms with Crippen molar-refractivity contribution in [3.05, 3.63) is 131 Å². The Balaban J connectivity index is 1.21. The van der Waals surface area contributed by atoms with Crippen LogP contribution in [0.15, 0.2) is 103 Å². The fourth-order valence-electron chi connectivity index (χ4n) is 6.72. The molecule has 0 saturated carbocycles. The molecule has 240 valence electrons. The first kappa shape index (κ1) is 32.1. The van der Waals surface area contributed by atoms with Gasteiger partial charge in [0.25, 0.3) is 5.91 Å². The lowest BCUT2D eigenvalue weighted by Crippen LogP contribution is -2.45. The molecule has 2 fully saturated rings. The predicted molar refractivity (Wildman–Crippen MR) is 182 cm³/mol. The van der Waals surface area contributed by atoms with Crippen LogP contribution in [-0.2, 0) is 22.6 Å². The van der Waals surface area contributed by atoms with Gasteiger partial charge in [-0.3, -0.25) is 4.79 Å². The Bertz CT molecular complexity index is 1530. The van der Waals surface area contributed by atoms with E-state index < -0.39 is 6.29 Å². The fourth-order valence-corrected chi connectivity index (χ4v) is 6.72. The molecule has 6 nitrogen and oxygen atoms in total. The average Bonchev–Trinajstić information content (AvgIpc) is 3.10. The van der Waals surface area contributed by atoms with Crippen molar-refractivity contribution >= 4 is 5.91 Å². The summed E-state index contributed by atoms with van der Waals surface area (Å²) in [5.41, 5.74) is 6.85. The molecule has 4 aromatic rings. The van der Waals surface area contributed by atoms with Crippen molar-refractivity contribution in [2.24, 2.45) is 5.92 Å². The van der Waals surface area contributed by atoms with Crippen LogP contribution in [-0.4, -0.2) is 41.7 Å². The van der Waals surface area contributed by atoms with Crippen LogP contribution in [0.25, 0.3) is 11.1 Å². The maximum absolute atomic E-state index is 12.7. The van der Waals surface area contributed by atoms with Crippen molar-refractivity contribution in [2.45, 2.75) is 70.7 Å². The average molecular weight is 619 g/mol. The van der Waals surface area contributed by atoms with Crippen molar-refractivity contribution < 1.29 is 19.4 Å². The molecule has 0 aliphatic carbocycles. The van der Waals surface area contributed by atoms with Gasteiger partial charge in [-0.25, -0.2) is 0 Å². The van der Waals surface area contributed by atoms with Gasteiger partial charge in [0.1, 0.15) is 0 Å². The molecule has 0 radical (unpaired) electrons. The molecule has 4 aromatic carbocycles. The van der Waals surface area contributed by atoms with Gasteiger partial charge in [-0.15, -0.1) is 0 Å². The monoisotopic (exact) mass is 618 g/mol. The highest BCUT2D eigenvalue weighted by Gasteiger charge is 2.39. The van der Waals surface area contributed by atoms with Crippen LogP contribution in [0.2, 0.25) is 0 Å². The smallest absolute Gasteiger partial charge is 0.251 e. The third kappa shape index (κ3) is 7.94. The zero-order valence-corrected chi connectivity index (χ0v) is 26.8. The van der Waals surface area contributed by atoms with E-state index in [0.29, 0.717) is 12.1 Å². The first-order chi connectivity index (χ1) is 22.6. The highest BCUT2D eigenvalue weighted by molar-refractivity contribution is 5.94. The second kappa shape index (κ2) is 15.7. The summed E-state index contributed by atoms with van der Waals surface area (Å²) in [5, 5.41) is 12.7. The zero-order valence-electron chi connectivity index (χ0n) is 26.8. The maximum Gasteiger partial charge on any atom is 0.251 e. The number of amides is 1. The van der Waals surface area contributed by atoms with Gasteiger partial charge in [0.15, 0.2) is 6.29 Å². The van der Waals surface area contributed by atoms with Crippen molar-refractivity contribution in [1.82, 2.24) is 10.2 Å². The number of benzene rings is 4. The summed E-state index contributed by atoms with van der Waals surface area (Å²) in [5.74, 6) is 0.0799. The van der Waals surface area contributed by atoms with Crippen LogP contribution in [0.3, 0.4) is 0 Å². The summed E-state index contributed by atoms with van der Waals surface area (Å²) in [7, 11) is 0. The Morgan fingerprint density at radius 1 is 0.783 bits per heavy atom. The van der Waals surface area contributed by atoms with Gasteiger partial charge in [-0.1, -0.05) is 117 Å². The Hall–Kier alpha value is -3.81. The van der Waals surface area contributed by atoms with E-state index in [-0.39, 0.29) is 30.6 Å². The van der Waals surface area contributed by atoms with E-state index in [1.807, 2.05) is 54.6 Å². The lowest BCUT2D eigenvalue weighted by molar-refractivity contribution is -0.276. The van der Waals surface area contributed by atoms with Gasteiger partial charge in [-0.05, 0) is 65.9 Å². The summed E-state index contributed by atoms with van der Waals surface area (Å²) < 4.78 is 13.5. The second-order valence-corrected chi connectivity index (χ2v) is 12.7. The Morgan fingerprint density at radius 2 is 1.43 bits per heavy atom. The number of nitrogens with one attached hydrogen (secondary N) is 1. The maximum atomic E-state index is 12.7. The molecule has 2 N–H and O–H groups in total. The van der Waals surface area contributed by atoms with Crippen LogP contribution >= 0.6 is 0 Å². The van der Waals surface area contributed by atoms with E-state index in [0.717, 1.165) is 53.0 Å². The van der Waals surface area contributed by atoms with Crippen molar-refractivity contribution in [3.63, 3.8) is 0 Å². The summed E-state index contributed by atoms with van der Waals surface area (Å²) in [4.78, 5) is 15.3. The summed E-state index contributed by atoms with van der Waals surface area (Å²) in [6.07, 6.45) is 5.84. The van der Waals surface area contributed by atoms with Gasteiger partial charge in [0.2, 0.25) is 0 Å². The highest BCUT2D eigenvalue weighted by Crippen LogP contribution is 2.42. The van der Waals surface area contributed by atoms with Gasteiger partial charge < -0.3 is 24.8 Å². The van der Waals surface area contributed by atoms with Crippen LogP contribution in [0.4, 0.5) is 0 Å². The van der Waals surface area contributed by atoms with Gasteiger partial charge in [0, 0.05) is 30.1 Å². The molecule has 0 bridgehead atoms. The fraction of sp³-hybridized carbons (Fsp3) is 0.375. The first-order valence-corrected chi connectivity index (χ1v) is 16.8. The minimum Gasteiger partial charge on any atom is -0.392 e. The Labute approximate surface area is 273 Å². The van der Waals surface area contributed by atoms with E-state index in [1.165, 1.54) is 32.1 Å². The molecule has 0 aromatic heterocycles. The molecular formula is C40H46N2O4. The van der Waals surface area contributed by atoms with E-state index in [2.05, 4.69) is 65.7 Å². The number of aliphatic hydroxyl groups is 1. The molecule has 1 amide bonds. The van der Waals surface area contributed by atoms with Crippen molar-refractivity contribution in [1.29, 1.82) is 0 Å². The standard InChI is InChI=1S/C40H46N2O4/c1-29-37(27-42-24-10-3-2-4-11-25-42)45-40(46-38(29)32-18-16-30(28-43)17-19-32)34-22-20-31(21-23-34)36-15-9-8-14-35(36)26-41-39(44)33-12-6-5-7-13-33/h5-9,12-23,29,37-38,40,43H,2-4,10-11,24-28H2,1H3,(H,41,44). The van der Waals surface area contributed by atoms with Crippen molar-refractivity contribution in [3.8, 4) is 11.1 Å². The largest absolute Gasteiger partial charge is 0.392 e. The summed E-state index contributed by atoms with van der Waals surface area (Å²) in [6, 6.07) is 34.1. The van der Waals surface area contributed by atoms with Crippen molar-refractivity contribution in [2.75, 3.05) is 19.6 Å². The minimum absolute atomic E-state index is 0.0225. The van der Waals surface area contributed by atoms with Gasteiger partial charge >= 0.3 is 0 Å². The Morgan fingerprint density at radius 3 is 2.15 bits per heavy atom. The third-order valence-corrected chi connectivity index (χ3v) is 9.50. The predicted octanol–water partition coefficient (Wildman–Crippen LogP) is 7.83. The number of ether oxygens (including phenoxy) is 2. The highest BCUT2D eigenvalue weighted by atomic mass is 16.7. The number of likely N-dealkylation sites (tertiary alicyclic amines) is 1. The molecule has 4 unspecified atom stereocenters. The topological polar surface area (TPSA) is 71.0 Å². The van der Waals surface area contributed by atoms with Gasteiger partial charge in [0.05, 0.1) is 18.8 Å². The van der Waals surface area contributed by atoms with E-state index in [9.17, 15) is 9.90 Å². The second-order valence-electron chi connectivity index (χ2n) is 12.7. The summed E-state index contributed by atoms with van der Waals surface area (Å²) in [6.45, 7) is 5.84. The SMILES string of the molecule is CC1C(CN2CCCCCCC2)OC(c2ccc(-c3ccccc3CNC(=O)c3ccccc3)cc2)OC1c1ccc(CO)cc1. The number of aliphatic hydroxyl groups excluding tert-OH is 1. The number of carbonyl (C=O) groups is 1. The molecule has 6 heteroatoms. The first-order valence-electron chi connectivity index (χ1n) is 16.8. The zero-order chi connectivity index (χ0) is 31.7. The van der Waals surface area contributed by atoms with E-state index >= 15 is 0 Å². The number of rotatable bonds is 9.